The maximum Gasteiger partial charge on any atom is 0.0457 e. The highest BCUT2D eigenvalue weighted by atomic mass is 15.2. The van der Waals surface area contributed by atoms with E-state index in [1.54, 1.807) is 0 Å². The maximum absolute atomic E-state index is 3.28. The van der Waals surface area contributed by atoms with Gasteiger partial charge in [0.25, 0.3) is 0 Å². The number of piperazine rings is 1. The topological polar surface area (TPSA) is 22.3 Å². The van der Waals surface area contributed by atoms with Gasteiger partial charge in [0.2, 0.25) is 0 Å². The minimum atomic E-state index is 1.07. The number of fused-ring (bicyclic) bond motifs is 1. The summed E-state index contributed by atoms with van der Waals surface area (Å²) in [5.41, 5.74) is 2.69. The Morgan fingerprint density at radius 1 is 1.12 bits per heavy atom. The van der Waals surface area contributed by atoms with Crippen LogP contribution < -0.4 is 0 Å². The van der Waals surface area contributed by atoms with Crippen molar-refractivity contribution in [1.82, 2.24) is 14.8 Å². The summed E-state index contributed by atoms with van der Waals surface area (Å²) in [5, 5.41) is 1.37. The maximum atomic E-state index is 3.28. The monoisotopic (exact) mass is 229 g/mol. The molecule has 0 aliphatic carbocycles. The molecule has 0 radical (unpaired) electrons. The number of aromatic nitrogens is 1. The second-order valence-electron chi connectivity index (χ2n) is 4.94. The Morgan fingerprint density at radius 3 is 2.76 bits per heavy atom. The molecule has 0 unspecified atom stereocenters. The van der Waals surface area contributed by atoms with Crippen molar-refractivity contribution in [3.05, 3.63) is 36.0 Å². The molecule has 3 heteroatoms. The van der Waals surface area contributed by atoms with Crippen molar-refractivity contribution in [2.75, 3.05) is 33.2 Å². The summed E-state index contributed by atoms with van der Waals surface area (Å²) in [6.45, 7) is 5.80. The van der Waals surface area contributed by atoms with E-state index >= 15 is 0 Å². The van der Waals surface area contributed by atoms with E-state index in [1.807, 2.05) is 6.20 Å². The van der Waals surface area contributed by atoms with E-state index in [1.165, 1.54) is 42.6 Å². The first kappa shape index (κ1) is 10.8. The first-order valence-corrected chi connectivity index (χ1v) is 6.29. The number of aromatic amines is 1. The van der Waals surface area contributed by atoms with Crippen LogP contribution >= 0.6 is 0 Å². The fraction of sp³-hybridized carbons (Fsp3) is 0.429. The van der Waals surface area contributed by atoms with Crippen molar-refractivity contribution in [1.29, 1.82) is 0 Å². The minimum absolute atomic E-state index is 1.07. The lowest BCUT2D eigenvalue weighted by Gasteiger charge is -2.32. The summed E-state index contributed by atoms with van der Waals surface area (Å²) in [7, 11) is 2.20. The Hall–Kier alpha value is -1.32. The lowest BCUT2D eigenvalue weighted by molar-refractivity contribution is 0.148. The van der Waals surface area contributed by atoms with Crippen LogP contribution in [0, 0.1) is 0 Å². The van der Waals surface area contributed by atoms with E-state index in [4.69, 9.17) is 0 Å². The molecular formula is C14H19N3. The average molecular weight is 229 g/mol. The van der Waals surface area contributed by atoms with E-state index in [-0.39, 0.29) is 0 Å². The SMILES string of the molecule is CN1CCN(Cc2cccc3[nH]ccc23)CC1. The molecule has 0 saturated carbocycles. The number of rotatable bonds is 2. The molecule has 1 aromatic carbocycles. The van der Waals surface area contributed by atoms with Gasteiger partial charge in [0.05, 0.1) is 0 Å². The summed E-state index contributed by atoms with van der Waals surface area (Å²) in [5.74, 6) is 0. The highest BCUT2D eigenvalue weighted by Crippen LogP contribution is 2.19. The van der Waals surface area contributed by atoms with E-state index in [2.05, 4.69) is 46.1 Å². The van der Waals surface area contributed by atoms with E-state index < -0.39 is 0 Å². The zero-order chi connectivity index (χ0) is 11.7. The number of hydrogen-bond donors (Lipinski definition) is 1. The molecule has 1 aliphatic heterocycles. The van der Waals surface area contributed by atoms with Crippen molar-refractivity contribution in [2.45, 2.75) is 6.54 Å². The number of nitrogens with one attached hydrogen (secondary N) is 1. The standard InChI is InChI=1S/C14H19N3/c1-16-7-9-17(10-8-16)11-12-3-2-4-14-13(12)5-6-15-14/h2-6,15H,7-11H2,1H3. The van der Waals surface area contributed by atoms with Gasteiger partial charge < -0.3 is 9.88 Å². The predicted molar refractivity (Wildman–Crippen MR) is 71.1 cm³/mol. The Bertz CT molecular complexity index is 495. The van der Waals surface area contributed by atoms with Gasteiger partial charge in [-0.3, -0.25) is 4.90 Å². The zero-order valence-electron chi connectivity index (χ0n) is 10.3. The third-order valence-corrected chi connectivity index (χ3v) is 3.68. The van der Waals surface area contributed by atoms with Gasteiger partial charge in [0.15, 0.2) is 0 Å². The van der Waals surface area contributed by atoms with Gasteiger partial charge in [-0.25, -0.2) is 0 Å². The summed E-state index contributed by atoms with van der Waals surface area (Å²) in [6, 6.07) is 8.71. The summed E-state index contributed by atoms with van der Waals surface area (Å²) >= 11 is 0. The molecule has 1 fully saturated rings. The van der Waals surface area contributed by atoms with Crippen molar-refractivity contribution in [2.24, 2.45) is 0 Å². The van der Waals surface area contributed by atoms with E-state index in [0.717, 1.165) is 6.54 Å². The van der Waals surface area contributed by atoms with Gasteiger partial charge in [-0.1, -0.05) is 12.1 Å². The highest BCUT2D eigenvalue weighted by molar-refractivity contribution is 5.82. The van der Waals surface area contributed by atoms with E-state index in [9.17, 15) is 0 Å². The molecule has 1 N–H and O–H groups in total. The van der Waals surface area contributed by atoms with Gasteiger partial charge in [0, 0.05) is 49.8 Å². The lowest BCUT2D eigenvalue weighted by atomic mass is 10.1. The van der Waals surface area contributed by atoms with Crippen LogP contribution in [0.15, 0.2) is 30.5 Å². The van der Waals surface area contributed by atoms with Gasteiger partial charge in [-0.2, -0.15) is 0 Å². The molecule has 0 atom stereocenters. The molecular weight excluding hydrogens is 210 g/mol. The van der Waals surface area contributed by atoms with Crippen LogP contribution in [-0.4, -0.2) is 48.0 Å². The van der Waals surface area contributed by atoms with Crippen LogP contribution in [-0.2, 0) is 6.54 Å². The molecule has 3 rings (SSSR count). The third kappa shape index (κ3) is 2.21. The number of likely N-dealkylation sites (N-methyl/N-ethyl adjacent to an activating group) is 1. The normalized spacial score (nSPS) is 18.9. The largest absolute Gasteiger partial charge is 0.361 e. The molecule has 1 saturated heterocycles. The molecule has 1 aliphatic rings. The minimum Gasteiger partial charge on any atom is -0.361 e. The molecule has 0 bridgehead atoms. The van der Waals surface area contributed by atoms with Crippen molar-refractivity contribution in [3.8, 4) is 0 Å². The van der Waals surface area contributed by atoms with Crippen molar-refractivity contribution in [3.63, 3.8) is 0 Å². The van der Waals surface area contributed by atoms with Crippen LogP contribution in [0.1, 0.15) is 5.56 Å². The second kappa shape index (κ2) is 4.51. The quantitative estimate of drug-likeness (QED) is 0.850. The van der Waals surface area contributed by atoms with Crippen molar-refractivity contribution >= 4 is 10.9 Å². The van der Waals surface area contributed by atoms with Crippen molar-refractivity contribution < 1.29 is 0 Å². The molecule has 2 heterocycles. The first-order chi connectivity index (χ1) is 8.33. The number of nitrogens with zero attached hydrogens (tertiary/aromatic N) is 2. The Morgan fingerprint density at radius 2 is 1.94 bits per heavy atom. The molecule has 0 spiro atoms. The van der Waals surface area contributed by atoms with Gasteiger partial charge in [0.1, 0.15) is 0 Å². The molecule has 90 valence electrons. The van der Waals surface area contributed by atoms with Crippen LogP contribution in [0.5, 0.6) is 0 Å². The Kier molecular flexibility index (Phi) is 2.87. The first-order valence-electron chi connectivity index (χ1n) is 6.29. The van der Waals surface area contributed by atoms with Crippen LogP contribution in [0.4, 0.5) is 0 Å². The number of benzene rings is 1. The molecule has 1 aromatic heterocycles. The fourth-order valence-corrected chi connectivity index (χ4v) is 2.54. The molecule has 2 aromatic rings. The zero-order valence-corrected chi connectivity index (χ0v) is 10.3. The number of H-pyrrole nitrogens is 1. The van der Waals surface area contributed by atoms with E-state index in [0.29, 0.717) is 0 Å². The van der Waals surface area contributed by atoms with Gasteiger partial charge in [-0.15, -0.1) is 0 Å². The Balaban J connectivity index is 1.78. The average Bonchev–Trinajstić information content (AvgIpc) is 2.81. The van der Waals surface area contributed by atoms with Crippen LogP contribution in [0.25, 0.3) is 10.9 Å². The molecule has 3 nitrogen and oxygen atoms in total. The summed E-state index contributed by atoms with van der Waals surface area (Å²) in [4.78, 5) is 8.22. The smallest absolute Gasteiger partial charge is 0.0457 e. The fourth-order valence-electron chi connectivity index (χ4n) is 2.54. The van der Waals surface area contributed by atoms with Gasteiger partial charge >= 0.3 is 0 Å². The molecule has 17 heavy (non-hydrogen) atoms. The molecule has 0 amide bonds. The van der Waals surface area contributed by atoms with Crippen LogP contribution in [0.3, 0.4) is 0 Å². The summed E-state index contributed by atoms with van der Waals surface area (Å²) in [6.07, 6.45) is 2.03. The second-order valence-corrected chi connectivity index (χ2v) is 4.94. The summed E-state index contributed by atoms with van der Waals surface area (Å²) < 4.78 is 0. The lowest BCUT2D eigenvalue weighted by Crippen LogP contribution is -2.43. The Labute approximate surface area is 102 Å². The van der Waals surface area contributed by atoms with Gasteiger partial charge in [-0.05, 0) is 24.7 Å². The number of hydrogen-bond acceptors (Lipinski definition) is 2. The third-order valence-electron chi connectivity index (χ3n) is 3.68. The highest BCUT2D eigenvalue weighted by Gasteiger charge is 2.14. The predicted octanol–water partition coefficient (Wildman–Crippen LogP) is 1.92. The van der Waals surface area contributed by atoms with Crippen LogP contribution in [0.2, 0.25) is 0 Å².